The smallest absolute Gasteiger partial charge is 0.358 e. The number of nitro groups is 1. The Morgan fingerprint density at radius 3 is 2.50 bits per heavy atom. The van der Waals surface area contributed by atoms with Gasteiger partial charge in [0.25, 0.3) is 10.9 Å². The maximum absolute atomic E-state index is 13.1. The van der Waals surface area contributed by atoms with E-state index in [2.05, 4.69) is 4.98 Å². The summed E-state index contributed by atoms with van der Waals surface area (Å²) in [5.41, 5.74) is -2.48. The fourth-order valence-corrected chi connectivity index (χ4v) is 1.05. The lowest BCUT2D eigenvalue weighted by atomic mass is 10.2. The van der Waals surface area contributed by atoms with Crippen molar-refractivity contribution in [1.82, 2.24) is 4.98 Å². The molecule has 1 aromatic heterocycles. The van der Waals surface area contributed by atoms with Crippen molar-refractivity contribution < 1.29 is 22.9 Å². The second-order valence-electron chi connectivity index (χ2n) is 2.56. The molecule has 0 unspecified atom stereocenters. The fraction of sp³-hybridized carbons (Fsp3) is 0.143. The van der Waals surface area contributed by atoms with Crippen molar-refractivity contribution in [3.63, 3.8) is 0 Å². The van der Waals surface area contributed by atoms with Crippen LogP contribution >= 0.6 is 11.6 Å². The molecule has 0 aliphatic rings. The molecule has 5 nitrogen and oxygen atoms in total. The molecule has 0 aromatic carbocycles. The number of pyridine rings is 1. The normalized spacial score (nSPS) is 10.6. The molecule has 0 fully saturated rings. The monoisotopic (exact) mass is 254 g/mol. The topological polar surface area (TPSA) is 73.1 Å². The Kier molecular flexibility index (Phi) is 3.43. The minimum absolute atomic E-state index is 0.399. The molecule has 9 heteroatoms. The van der Waals surface area contributed by atoms with E-state index < -0.39 is 39.5 Å². The number of aromatic nitrogens is 1. The number of halogens is 4. The average Bonchev–Trinajstić information content (AvgIpc) is 2.16. The lowest BCUT2D eigenvalue weighted by molar-refractivity contribution is -0.389. The SMILES string of the molecule is O=C(Cl)c1cc([N+](=O)[O-])nc(C(F)F)c1F. The van der Waals surface area contributed by atoms with Crippen LogP contribution in [0.1, 0.15) is 22.5 Å². The first kappa shape index (κ1) is 12.4. The molecule has 0 bridgehead atoms. The maximum Gasteiger partial charge on any atom is 0.364 e. The van der Waals surface area contributed by atoms with Crippen LogP contribution in [0.2, 0.25) is 0 Å². The predicted molar refractivity (Wildman–Crippen MR) is 46.0 cm³/mol. The van der Waals surface area contributed by atoms with E-state index in [-0.39, 0.29) is 0 Å². The summed E-state index contributed by atoms with van der Waals surface area (Å²) in [6.07, 6.45) is -3.38. The number of rotatable bonds is 3. The van der Waals surface area contributed by atoms with E-state index in [1.54, 1.807) is 0 Å². The van der Waals surface area contributed by atoms with E-state index in [0.29, 0.717) is 6.07 Å². The molecule has 0 aliphatic carbocycles. The maximum atomic E-state index is 13.1. The number of carbonyl (C=O) groups is 1. The third-order valence-corrected chi connectivity index (χ3v) is 1.78. The highest BCUT2D eigenvalue weighted by atomic mass is 35.5. The summed E-state index contributed by atoms with van der Waals surface area (Å²) in [5.74, 6) is -2.72. The Hall–Kier alpha value is -1.70. The van der Waals surface area contributed by atoms with Crippen molar-refractivity contribution in [2.45, 2.75) is 6.43 Å². The van der Waals surface area contributed by atoms with Crippen LogP contribution in [-0.2, 0) is 0 Å². The van der Waals surface area contributed by atoms with Crippen LogP contribution in [0.4, 0.5) is 19.0 Å². The molecule has 86 valence electrons. The van der Waals surface area contributed by atoms with Crippen molar-refractivity contribution in [2.75, 3.05) is 0 Å². The largest absolute Gasteiger partial charge is 0.364 e. The van der Waals surface area contributed by atoms with Crippen molar-refractivity contribution >= 4 is 22.7 Å². The number of hydrogen-bond acceptors (Lipinski definition) is 4. The Morgan fingerprint density at radius 1 is 1.56 bits per heavy atom. The van der Waals surface area contributed by atoms with Gasteiger partial charge in [-0.25, -0.2) is 13.2 Å². The Labute approximate surface area is 91.0 Å². The van der Waals surface area contributed by atoms with Crippen LogP contribution in [0, 0.1) is 15.9 Å². The summed E-state index contributed by atoms with van der Waals surface area (Å²) < 4.78 is 37.6. The van der Waals surface area contributed by atoms with Crippen molar-refractivity contribution in [3.8, 4) is 0 Å². The zero-order chi connectivity index (χ0) is 12.5. The quantitative estimate of drug-likeness (QED) is 0.472. The van der Waals surface area contributed by atoms with Gasteiger partial charge in [0.05, 0.1) is 11.6 Å². The van der Waals surface area contributed by atoms with Gasteiger partial charge in [-0.15, -0.1) is 0 Å². The number of nitrogens with zero attached hydrogens (tertiary/aromatic N) is 2. The Balaban J connectivity index is 3.51. The highest BCUT2D eigenvalue weighted by Crippen LogP contribution is 2.26. The van der Waals surface area contributed by atoms with Gasteiger partial charge in [-0.2, -0.15) is 0 Å². The van der Waals surface area contributed by atoms with Crippen molar-refractivity contribution in [2.24, 2.45) is 0 Å². The molecule has 0 spiro atoms. The van der Waals surface area contributed by atoms with Gasteiger partial charge in [0, 0.05) is 0 Å². The Morgan fingerprint density at radius 2 is 2.12 bits per heavy atom. The van der Waals surface area contributed by atoms with E-state index in [1.807, 2.05) is 0 Å². The third-order valence-electron chi connectivity index (χ3n) is 1.58. The summed E-state index contributed by atoms with van der Waals surface area (Å²) >= 11 is 4.89. The molecule has 0 saturated heterocycles. The van der Waals surface area contributed by atoms with Crippen LogP contribution in [0.3, 0.4) is 0 Å². The first-order valence-corrected chi connectivity index (χ1v) is 4.05. The molecular formula is C7H2ClF3N2O3. The summed E-state index contributed by atoms with van der Waals surface area (Å²) in [6.45, 7) is 0. The van der Waals surface area contributed by atoms with Gasteiger partial charge in [-0.3, -0.25) is 4.79 Å². The first-order chi connectivity index (χ1) is 7.34. The van der Waals surface area contributed by atoms with Crippen molar-refractivity contribution in [3.05, 3.63) is 33.3 Å². The van der Waals surface area contributed by atoms with Crippen LogP contribution in [0.5, 0.6) is 0 Å². The van der Waals surface area contributed by atoms with E-state index >= 15 is 0 Å². The minimum Gasteiger partial charge on any atom is -0.358 e. The van der Waals surface area contributed by atoms with Crippen LogP contribution in [0.15, 0.2) is 6.07 Å². The van der Waals surface area contributed by atoms with Gasteiger partial charge in [0.15, 0.2) is 5.82 Å². The molecule has 0 radical (unpaired) electrons. The molecule has 0 amide bonds. The van der Waals surface area contributed by atoms with E-state index in [1.165, 1.54) is 0 Å². The Bertz CT molecular complexity index is 466. The van der Waals surface area contributed by atoms with Gasteiger partial charge in [0.1, 0.15) is 0 Å². The molecule has 0 atom stereocenters. The van der Waals surface area contributed by atoms with Crippen LogP contribution < -0.4 is 0 Å². The number of carbonyl (C=O) groups excluding carboxylic acids is 1. The fourth-order valence-electron chi connectivity index (χ4n) is 0.916. The molecule has 0 saturated carbocycles. The van der Waals surface area contributed by atoms with Gasteiger partial charge < -0.3 is 10.1 Å². The first-order valence-electron chi connectivity index (χ1n) is 3.67. The summed E-state index contributed by atoms with van der Waals surface area (Å²) in [4.78, 5) is 22.6. The van der Waals surface area contributed by atoms with Crippen LogP contribution in [0.25, 0.3) is 0 Å². The molecule has 0 aliphatic heterocycles. The van der Waals surface area contributed by atoms with E-state index in [9.17, 15) is 28.1 Å². The van der Waals surface area contributed by atoms with Crippen LogP contribution in [-0.4, -0.2) is 15.1 Å². The molecular weight excluding hydrogens is 253 g/mol. The van der Waals surface area contributed by atoms with E-state index in [4.69, 9.17) is 11.6 Å². The minimum atomic E-state index is -3.38. The number of hydrogen-bond donors (Lipinski definition) is 0. The molecule has 16 heavy (non-hydrogen) atoms. The summed E-state index contributed by atoms with van der Waals surface area (Å²) in [7, 11) is 0. The average molecular weight is 255 g/mol. The highest BCUT2D eigenvalue weighted by molar-refractivity contribution is 6.67. The highest BCUT2D eigenvalue weighted by Gasteiger charge is 2.29. The zero-order valence-electron chi connectivity index (χ0n) is 7.29. The lowest BCUT2D eigenvalue weighted by Gasteiger charge is -2.01. The van der Waals surface area contributed by atoms with Gasteiger partial charge in [-0.1, -0.05) is 0 Å². The molecule has 1 rings (SSSR count). The second kappa shape index (κ2) is 4.44. The number of alkyl halides is 2. The van der Waals surface area contributed by atoms with Gasteiger partial charge in [-0.05, 0) is 21.5 Å². The molecule has 1 aromatic rings. The van der Waals surface area contributed by atoms with E-state index in [0.717, 1.165) is 0 Å². The second-order valence-corrected chi connectivity index (χ2v) is 2.90. The van der Waals surface area contributed by atoms with Crippen molar-refractivity contribution in [1.29, 1.82) is 0 Å². The predicted octanol–water partition coefficient (Wildman–Crippen LogP) is 2.45. The molecule has 0 N–H and O–H groups in total. The third kappa shape index (κ3) is 2.27. The summed E-state index contributed by atoms with van der Waals surface area (Å²) in [5, 5.41) is 8.87. The molecule has 1 heterocycles. The van der Waals surface area contributed by atoms with Gasteiger partial charge >= 0.3 is 12.2 Å². The zero-order valence-corrected chi connectivity index (χ0v) is 8.04. The lowest BCUT2D eigenvalue weighted by Crippen LogP contribution is -2.06. The summed E-state index contributed by atoms with van der Waals surface area (Å²) in [6, 6.07) is 0.399. The standard InChI is InChI=1S/C7H2ClF3N2O3/c8-6(14)2-1-3(13(15)16)12-5(4(2)9)7(10)11/h1,7H. The van der Waals surface area contributed by atoms with Gasteiger partial charge in [0.2, 0.25) is 0 Å².